The number of carbonyl (C=O) groups excluding carboxylic acids is 1. The number of nitrogens with one attached hydrogen (secondary N) is 3. The van der Waals surface area contributed by atoms with Crippen LogP contribution in [0.2, 0.25) is 0 Å². The maximum atomic E-state index is 12.5. The number of nitrogens with zero attached hydrogens (tertiary/aromatic N) is 2. The highest BCUT2D eigenvalue weighted by Gasteiger charge is 2.17. The molecule has 0 aliphatic heterocycles. The second-order valence-corrected chi connectivity index (χ2v) is 8.51. The predicted molar refractivity (Wildman–Crippen MR) is 112 cm³/mol. The van der Waals surface area contributed by atoms with E-state index >= 15 is 0 Å². The van der Waals surface area contributed by atoms with Crippen LogP contribution < -0.4 is 20.1 Å². The molecule has 0 atom stereocenters. The number of rotatable bonds is 7. The lowest BCUT2D eigenvalue weighted by Crippen LogP contribution is -2.20. The maximum Gasteiger partial charge on any atom is 0.323 e. The maximum absolute atomic E-state index is 12.5. The monoisotopic (exact) mass is 433 g/mol. The van der Waals surface area contributed by atoms with Gasteiger partial charge in [0.2, 0.25) is 5.13 Å². The summed E-state index contributed by atoms with van der Waals surface area (Å²) in [7, 11) is -2.29. The van der Waals surface area contributed by atoms with Crippen molar-refractivity contribution in [3.8, 4) is 5.75 Å². The van der Waals surface area contributed by atoms with Crippen LogP contribution in [0, 0.1) is 0 Å². The number of anilines is 3. The Morgan fingerprint density at radius 2 is 1.79 bits per heavy atom. The Bertz CT molecular complexity index is 1100. The highest BCUT2D eigenvalue weighted by Crippen LogP contribution is 2.24. The molecule has 3 aromatic rings. The summed E-state index contributed by atoms with van der Waals surface area (Å²) in [6.07, 6.45) is 0.677. The van der Waals surface area contributed by atoms with E-state index in [1.807, 2.05) is 6.92 Å². The van der Waals surface area contributed by atoms with E-state index in [1.165, 1.54) is 42.7 Å². The third-order valence-corrected chi connectivity index (χ3v) is 6.24. The van der Waals surface area contributed by atoms with Crippen LogP contribution in [-0.4, -0.2) is 31.8 Å². The lowest BCUT2D eigenvalue weighted by molar-refractivity contribution is 0.262. The predicted octanol–water partition coefficient (Wildman–Crippen LogP) is 3.55. The number of para-hydroxylation sites is 2. The van der Waals surface area contributed by atoms with E-state index in [0.717, 1.165) is 5.01 Å². The van der Waals surface area contributed by atoms with Crippen molar-refractivity contribution < 1.29 is 17.9 Å². The molecule has 0 saturated carbocycles. The number of hydrogen-bond acceptors (Lipinski definition) is 7. The highest BCUT2D eigenvalue weighted by molar-refractivity contribution is 7.93. The molecule has 1 aromatic heterocycles. The highest BCUT2D eigenvalue weighted by atomic mass is 32.2. The van der Waals surface area contributed by atoms with Crippen molar-refractivity contribution in [2.45, 2.75) is 18.2 Å². The molecule has 0 radical (unpaired) electrons. The summed E-state index contributed by atoms with van der Waals surface area (Å²) >= 11 is 1.18. The number of amides is 2. The molecule has 0 bridgehead atoms. The van der Waals surface area contributed by atoms with Crippen molar-refractivity contribution in [2.24, 2.45) is 0 Å². The molecular formula is C18H19N5O4S2. The molecule has 0 spiro atoms. The average Bonchev–Trinajstić information content (AvgIpc) is 3.15. The van der Waals surface area contributed by atoms with E-state index in [0.29, 0.717) is 23.5 Å². The van der Waals surface area contributed by atoms with Crippen molar-refractivity contribution in [3.63, 3.8) is 0 Å². The van der Waals surface area contributed by atoms with Crippen LogP contribution >= 0.6 is 11.3 Å². The van der Waals surface area contributed by atoms with Gasteiger partial charge in [0.05, 0.1) is 17.7 Å². The number of ether oxygens (including phenoxy) is 1. The van der Waals surface area contributed by atoms with Crippen molar-refractivity contribution in [1.82, 2.24) is 10.2 Å². The van der Waals surface area contributed by atoms with Gasteiger partial charge in [-0.25, -0.2) is 13.2 Å². The number of hydrogen-bond donors (Lipinski definition) is 3. The third kappa shape index (κ3) is 5.21. The van der Waals surface area contributed by atoms with E-state index in [2.05, 4.69) is 25.6 Å². The van der Waals surface area contributed by atoms with Gasteiger partial charge in [0.1, 0.15) is 10.8 Å². The van der Waals surface area contributed by atoms with Crippen LogP contribution in [0.3, 0.4) is 0 Å². The lowest BCUT2D eigenvalue weighted by Gasteiger charge is -2.11. The topological polar surface area (TPSA) is 122 Å². The SMILES string of the molecule is CCc1nnc(NS(=O)(=O)c2ccc(NC(=O)Nc3ccccc3OC)cc2)s1. The fraction of sp³-hybridized carbons (Fsp3) is 0.167. The Morgan fingerprint density at radius 3 is 2.45 bits per heavy atom. The number of sulfonamides is 1. The van der Waals surface area contributed by atoms with Gasteiger partial charge in [-0.1, -0.05) is 30.4 Å². The molecule has 2 aromatic carbocycles. The molecule has 0 unspecified atom stereocenters. The second kappa shape index (κ2) is 8.88. The first-order valence-corrected chi connectivity index (χ1v) is 10.9. The van der Waals surface area contributed by atoms with Gasteiger partial charge >= 0.3 is 6.03 Å². The average molecular weight is 434 g/mol. The quantitative estimate of drug-likeness (QED) is 0.524. The van der Waals surface area contributed by atoms with Crippen molar-refractivity contribution >= 4 is 43.9 Å². The van der Waals surface area contributed by atoms with Crippen LogP contribution in [0.1, 0.15) is 11.9 Å². The fourth-order valence-corrected chi connectivity index (χ4v) is 4.27. The van der Waals surface area contributed by atoms with Gasteiger partial charge in [-0.2, -0.15) is 0 Å². The molecule has 0 saturated heterocycles. The summed E-state index contributed by atoms with van der Waals surface area (Å²) in [5.41, 5.74) is 0.944. The zero-order valence-corrected chi connectivity index (χ0v) is 17.3. The molecule has 29 heavy (non-hydrogen) atoms. The Hall–Kier alpha value is -3.18. The minimum absolute atomic E-state index is 0.0430. The van der Waals surface area contributed by atoms with E-state index in [1.54, 1.807) is 24.3 Å². The number of urea groups is 1. The Morgan fingerprint density at radius 1 is 1.07 bits per heavy atom. The Labute approximate surface area is 172 Å². The molecule has 2 amide bonds. The number of aromatic nitrogens is 2. The molecule has 11 heteroatoms. The number of aryl methyl sites for hydroxylation is 1. The Kier molecular flexibility index (Phi) is 6.29. The van der Waals surface area contributed by atoms with Gasteiger partial charge in [0.25, 0.3) is 10.0 Å². The summed E-state index contributed by atoms with van der Waals surface area (Å²) < 4.78 is 32.5. The van der Waals surface area contributed by atoms with E-state index < -0.39 is 16.1 Å². The number of methoxy groups -OCH3 is 1. The zero-order valence-electron chi connectivity index (χ0n) is 15.7. The summed E-state index contributed by atoms with van der Waals surface area (Å²) in [6.45, 7) is 1.91. The Balaban J connectivity index is 1.65. The summed E-state index contributed by atoms with van der Waals surface area (Å²) in [6, 6.07) is 12.3. The molecule has 1 heterocycles. The first kappa shape index (κ1) is 20.6. The molecule has 9 nitrogen and oxygen atoms in total. The van der Waals surface area contributed by atoms with E-state index in [-0.39, 0.29) is 10.0 Å². The molecule has 0 fully saturated rings. The van der Waals surface area contributed by atoms with Crippen LogP contribution in [0.25, 0.3) is 0 Å². The smallest absolute Gasteiger partial charge is 0.323 e. The van der Waals surface area contributed by atoms with Crippen LogP contribution in [0.5, 0.6) is 5.75 Å². The zero-order chi connectivity index (χ0) is 20.9. The second-order valence-electron chi connectivity index (χ2n) is 5.76. The normalized spacial score (nSPS) is 11.0. The standard InChI is InChI=1S/C18H19N5O4S2/c1-3-16-21-22-18(28-16)23-29(25,26)13-10-8-12(9-11-13)19-17(24)20-14-6-4-5-7-15(14)27-2/h4-11H,3H2,1-2H3,(H,22,23)(H2,19,20,24). The van der Waals surface area contributed by atoms with Gasteiger partial charge in [-0.3, -0.25) is 4.72 Å². The molecule has 0 aliphatic rings. The lowest BCUT2D eigenvalue weighted by atomic mass is 10.3. The molecule has 152 valence electrons. The summed E-state index contributed by atoms with van der Waals surface area (Å²) in [4.78, 5) is 12.2. The van der Waals surface area contributed by atoms with Crippen molar-refractivity contribution in [2.75, 3.05) is 22.5 Å². The van der Waals surface area contributed by atoms with Crippen molar-refractivity contribution in [1.29, 1.82) is 0 Å². The van der Waals surface area contributed by atoms with Gasteiger partial charge in [0.15, 0.2) is 0 Å². The first-order chi connectivity index (χ1) is 13.9. The fourth-order valence-electron chi connectivity index (χ4n) is 2.36. The third-order valence-electron chi connectivity index (χ3n) is 3.77. The van der Waals surface area contributed by atoms with Gasteiger partial charge < -0.3 is 15.4 Å². The van der Waals surface area contributed by atoms with Crippen LogP contribution in [0.4, 0.5) is 21.3 Å². The van der Waals surface area contributed by atoms with Crippen molar-refractivity contribution in [3.05, 3.63) is 53.5 Å². The summed E-state index contributed by atoms with van der Waals surface area (Å²) in [5, 5.41) is 14.0. The van der Waals surface area contributed by atoms with E-state index in [9.17, 15) is 13.2 Å². The van der Waals surface area contributed by atoms with Gasteiger partial charge in [-0.05, 0) is 42.8 Å². The molecular weight excluding hydrogens is 414 g/mol. The number of benzene rings is 2. The number of carbonyl (C=O) groups is 1. The minimum atomic E-state index is -3.80. The van der Waals surface area contributed by atoms with Crippen LogP contribution in [-0.2, 0) is 16.4 Å². The first-order valence-electron chi connectivity index (χ1n) is 8.57. The molecule has 3 N–H and O–H groups in total. The minimum Gasteiger partial charge on any atom is -0.495 e. The van der Waals surface area contributed by atoms with Crippen LogP contribution in [0.15, 0.2) is 53.4 Å². The van der Waals surface area contributed by atoms with E-state index in [4.69, 9.17) is 4.74 Å². The largest absolute Gasteiger partial charge is 0.495 e. The van der Waals surface area contributed by atoms with Gasteiger partial charge in [0, 0.05) is 5.69 Å². The summed E-state index contributed by atoms with van der Waals surface area (Å²) in [5.74, 6) is 0.526. The van der Waals surface area contributed by atoms with Gasteiger partial charge in [-0.15, -0.1) is 10.2 Å². The molecule has 3 rings (SSSR count). The molecule has 0 aliphatic carbocycles.